The molecule has 1 fully saturated rings. The van der Waals surface area contributed by atoms with Crippen molar-refractivity contribution < 1.29 is 4.79 Å². The second-order valence-electron chi connectivity index (χ2n) is 7.76. The van der Waals surface area contributed by atoms with E-state index in [1.807, 2.05) is 35.2 Å². The molecule has 31 heavy (non-hydrogen) atoms. The highest BCUT2D eigenvalue weighted by atomic mass is 35.5. The number of aromatic nitrogens is 2. The number of carbonyl (C=O) groups excluding carboxylic acids is 1. The molecule has 160 valence electrons. The van der Waals surface area contributed by atoms with Crippen LogP contribution in [0.3, 0.4) is 0 Å². The van der Waals surface area contributed by atoms with Crippen LogP contribution in [0.2, 0.25) is 10.0 Å². The molecule has 8 heteroatoms. The van der Waals surface area contributed by atoms with Crippen LogP contribution in [0.1, 0.15) is 35.6 Å². The number of nitrogens with two attached hydrogens (primary N) is 1. The Morgan fingerprint density at radius 1 is 1.16 bits per heavy atom. The summed E-state index contributed by atoms with van der Waals surface area (Å²) in [6.45, 7) is 1.39. The summed E-state index contributed by atoms with van der Waals surface area (Å²) in [5.74, 6) is 0.410. The SMILES string of the molecule is N=C(N)c1cccc(CC(=O)N2CCC(c3cc(-c4cccc(Cl)c4Cl)n[nH]3)CC2)c1. The Balaban J connectivity index is 1.37. The number of amides is 1. The van der Waals surface area contributed by atoms with Gasteiger partial charge >= 0.3 is 0 Å². The molecule has 0 radical (unpaired) electrons. The average molecular weight is 456 g/mol. The zero-order valence-electron chi connectivity index (χ0n) is 16.9. The van der Waals surface area contributed by atoms with Crippen LogP contribution in [0, 0.1) is 5.41 Å². The van der Waals surface area contributed by atoms with Crippen molar-refractivity contribution in [3.05, 3.63) is 75.4 Å². The lowest BCUT2D eigenvalue weighted by Gasteiger charge is -2.31. The lowest BCUT2D eigenvalue weighted by Crippen LogP contribution is -2.38. The Labute approximate surface area is 190 Å². The number of benzene rings is 2. The quantitative estimate of drug-likeness (QED) is 0.386. The Bertz CT molecular complexity index is 1120. The fraction of sp³-hybridized carbons (Fsp3) is 0.261. The van der Waals surface area contributed by atoms with E-state index in [0.29, 0.717) is 41.0 Å². The molecule has 2 heterocycles. The van der Waals surface area contributed by atoms with Gasteiger partial charge in [0.05, 0.1) is 22.2 Å². The molecule has 1 aliphatic heterocycles. The highest BCUT2D eigenvalue weighted by molar-refractivity contribution is 6.43. The van der Waals surface area contributed by atoms with E-state index in [-0.39, 0.29) is 11.7 Å². The summed E-state index contributed by atoms with van der Waals surface area (Å²) in [6.07, 6.45) is 2.04. The molecule has 1 aliphatic rings. The van der Waals surface area contributed by atoms with Gasteiger partial charge in [-0.3, -0.25) is 15.3 Å². The molecule has 4 N–H and O–H groups in total. The predicted octanol–water partition coefficient (Wildman–Crippen LogP) is 4.62. The normalized spacial score (nSPS) is 14.6. The maximum Gasteiger partial charge on any atom is 0.226 e. The van der Waals surface area contributed by atoms with Gasteiger partial charge in [-0.2, -0.15) is 5.10 Å². The second kappa shape index (κ2) is 9.12. The minimum atomic E-state index is 0.00750. The van der Waals surface area contributed by atoms with Crippen LogP contribution in [0.15, 0.2) is 48.5 Å². The Hall–Kier alpha value is -2.83. The van der Waals surface area contributed by atoms with Crippen molar-refractivity contribution in [2.24, 2.45) is 5.73 Å². The molecule has 3 aromatic rings. The minimum Gasteiger partial charge on any atom is -0.384 e. The monoisotopic (exact) mass is 455 g/mol. The molecule has 0 bridgehead atoms. The topological polar surface area (TPSA) is 98.9 Å². The zero-order chi connectivity index (χ0) is 22.0. The van der Waals surface area contributed by atoms with Crippen LogP contribution in [-0.2, 0) is 11.2 Å². The summed E-state index contributed by atoms with van der Waals surface area (Å²) in [6, 6.07) is 14.8. The molecular weight excluding hydrogens is 433 g/mol. The van der Waals surface area contributed by atoms with Crippen molar-refractivity contribution in [3.8, 4) is 11.3 Å². The Morgan fingerprint density at radius 3 is 2.65 bits per heavy atom. The van der Waals surface area contributed by atoms with Crippen molar-refractivity contribution >= 4 is 34.9 Å². The smallest absolute Gasteiger partial charge is 0.226 e. The van der Waals surface area contributed by atoms with Crippen LogP contribution < -0.4 is 5.73 Å². The number of hydrogen-bond acceptors (Lipinski definition) is 3. The highest BCUT2D eigenvalue weighted by Crippen LogP contribution is 2.35. The third kappa shape index (κ3) is 4.75. The maximum absolute atomic E-state index is 12.7. The fourth-order valence-electron chi connectivity index (χ4n) is 3.96. The van der Waals surface area contributed by atoms with E-state index >= 15 is 0 Å². The highest BCUT2D eigenvalue weighted by Gasteiger charge is 2.25. The number of H-pyrrole nitrogens is 1. The first-order chi connectivity index (χ1) is 14.9. The number of nitrogens with one attached hydrogen (secondary N) is 2. The third-order valence-corrected chi connectivity index (χ3v) is 6.52. The van der Waals surface area contributed by atoms with Crippen molar-refractivity contribution in [2.75, 3.05) is 13.1 Å². The molecule has 0 aliphatic carbocycles. The first kappa shape index (κ1) is 21.4. The van der Waals surface area contributed by atoms with Gasteiger partial charge < -0.3 is 10.6 Å². The van der Waals surface area contributed by atoms with Gasteiger partial charge in [-0.1, -0.05) is 53.5 Å². The van der Waals surface area contributed by atoms with Crippen LogP contribution in [0.4, 0.5) is 0 Å². The van der Waals surface area contributed by atoms with Gasteiger partial charge in [-0.25, -0.2) is 0 Å². The number of carbonyl (C=O) groups is 1. The molecule has 1 saturated heterocycles. The molecule has 0 saturated carbocycles. The molecule has 0 spiro atoms. The predicted molar refractivity (Wildman–Crippen MR) is 124 cm³/mol. The van der Waals surface area contributed by atoms with Crippen LogP contribution in [-0.4, -0.2) is 39.9 Å². The lowest BCUT2D eigenvalue weighted by molar-refractivity contribution is -0.131. The number of aromatic amines is 1. The number of piperidine rings is 1. The molecule has 6 nitrogen and oxygen atoms in total. The summed E-state index contributed by atoms with van der Waals surface area (Å²) in [5.41, 5.74) is 9.68. The van der Waals surface area contributed by atoms with Gasteiger partial charge in [0.15, 0.2) is 0 Å². The third-order valence-electron chi connectivity index (χ3n) is 5.71. The first-order valence-corrected chi connectivity index (χ1v) is 10.9. The van der Waals surface area contributed by atoms with Gasteiger partial charge in [0.1, 0.15) is 5.84 Å². The van der Waals surface area contributed by atoms with Crippen LogP contribution in [0.25, 0.3) is 11.3 Å². The molecule has 2 aromatic carbocycles. The van der Waals surface area contributed by atoms with Crippen molar-refractivity contribution in [1.29, 1.82) is 5.41 Å². The van der Waals surface area contributed by atoms with E-state index in [4.69, 9.17) is 34.3 Å². The number of rotatable bonds is 5. The van der Waals surface area contributed by atoms with E-state index in [0.717, 1.165) is 35.4 Å². The van der Waals surface area contributed by atoms with Gasteiger partial charge in [-0.15, -0.1) is 0 Å². The summed E-state index contributed by atoms with van der Waals surface area (Å²) >= 11 is 12.4. The lowest BCUT2D eigenvalue weighted by atomic mass is 9.92. The Morgan fingerprint density at radius 2 is 1.90 bits per heavy atom. The van der Waals surface area contributed by atoms with E-state index in [1.54, 1.807) is 18.2 Å². The Kier molecular flexibility index (Phi) is 6.30. The number of nitrogen functional groups attached to an aromatic ring is 1. The maximum atomic E-state index is 12.7. The molecular formula is C23H23Cl2N5O. The van der Waals surface area contributed by atoms with Gasteiger partial charge in [0, 0.05) is 35.8 Å². The average Bonchev–Trinajstić information content (AvgIpc) is 3.26. The van der Waals surface area contributed by atoms with Crippen molar-refractivity contribution in [1.82, 2.24) is 15.1 Å². The minimum absolute atomic E-state index is 0.00750. The number of amidine groups is 1. The van der Waals surface area contributed by atoms with E-state index < -0.39 is 0 Å². The molecule has 1 aromatic heterocycles. The van der Waals surface area contributed by atoms with Gasteiger partial charge in [-0.05, 0) is 36.6 Å². The first-order valence-electron chi connectivity index (χ1n) is 10.1. The van der Waals surface area contributed by atoms with E-state index in [2.05, 4.69) is 10.2 Å². The van der Waals surface area contributed by atoms with Crippen LogP contribution in [0.5, 0.6) is 0 Å². The molecule has 0 unspecified atom stereocenters. The van der Waals surface area contributed by atoms with E-state index in [1.165, 1.54) is 0 Å². The zero-order valence-corrected chi connectivity index (χ0v) is 18.4. The largest absolute Gasteiger partial charge is 0.384 e. The number of likely N-dealkylation sites (tertiary alicyclic amines) is 1. The summed E-state index contributed by atoms with van der Waals surface area (Å²) in [7, 11) is 0. The van der Waals surface area contributed by atoms with Crippen molar-refractivity contribution in [2.45, 2.75) is 25.2 Å². The fourth-order valence-corrected chi connectivity index (χ4v) is 4.36. The summed E-state index contributed by atoms with van der Waals surface area (Å²) in [5, 5.41) is 16.1. The number of nitrogens with zero attached hydrogens (tertiary/aromatic N) is 2. The molecule has 0 atom stereocenters. The molecule has 4 rings (SSSR count). The van der Waals surface area contributed by atoms with E-state index in [9.17, 15) is 4.79 Å². The van der Waals surface area contributed by atoms with Crippen molar-refractivity contribution in [3.63, 3.8) is 0 Å². The summed E-state index contributed by atoms with van der Waals surface area (Å²) in [4.78, 5) is 14.6. The van der Waals surface area contributed by atoms with Gasteiger partial charge in [0.2, 0.25) is 5.91 Å². The van der Waals surface area contributed by atoms with Gasteiger partial charge in [0.25, 0.3) is 0 Å². The number of halogens is 2. The molecule has 1 amide bonds. The number of hydrogen-bond donors (Lipinski definition) is 3. The standard InChI is InChI=1S/C23H23Cl2N5O/c24-18-6-2-5-17(22(18)25)20-13-19(28-29-20)15-7-9-30(10-8-15)21(31)12-14-3-1-4-16(11-14)23(26)27/h1-6,11,13,15H,7-10,12H2,(H3,26,27)(H,28,29). The summed E-state index contributed by atoms with van der Waals surface area (Å²) < 4.78 is 0. The second-order valence-corrected chi connectivity index (χ2v) is 8.54. The van der Waals surface area contributed by atoms with Crippen LogP contribution >= 0.6 is 23.2 Å².